The summed E-state index contributed by atoms with van der Waals surface area (Å²) in [6, 6.07) is 1.79. The summed E-state index contributed by atoms with van der Waals surface area (Å²) < 4.78 is 0. The van der Waals surface area contributed by atoms with Crippen molar-refractivity contribution in [3.05, 3.63) is 59.5 Å². The van der Waals surface area contributed by atoms with Crippen LogP contribution in [0.3, 0.4) is 0 Å². The van der Waals surface area contributed by atoms with Gasteiger partial charge in [0, 0.05) is 12.4 Å². The maximum atomic E-state index is 11.4. The average Bonchev–Trinajstić information content (AvgIpc) is 2.46. The Labute approximate surface area is 121 Å². The smallest absolute Gasteiger partial charge is 0.250 e. The van der Waals surface area contributed by atoms with E-state index in [4.69, 9.17) is 5.73 Å². The van der Waals surface area contributed by atoms with Crippen molar-refractivity contribution in [3.63, 3.8) is 0 Å². The van der Waals surface area contributed by atoms with Gasteiger partial charge in [-0.2, -0.15) is 0 Å². The van der Waals surface area contributed by atoms with Crippen LogP contribution in [0.25, 0.3) is 5.57 Å². The van der Waals surface area contributed by atoms with Gasteiger partial charge in [0.05, 0.1) is 5.56 Å². The van der Waals surface area contributed by atoms with E-state index in [0.29, 0.717) is 5.56 Å². The molecule has 0 unspecified atom stereocenters. The van der Waals surface area contributed by atoms with Gasteiger partial charge in [0.2, 0.25) is 0 Å². The summed E-state index contributed by atoms with van der Waals surface area (Å²) in [7, 11) is 0. The van der Waals surface area contributed by atoms with Gasteiger partial charge in [-0.05, 0) is 43.5 Å². The summed E-state index contributed by atoms with van der Waals surface area (Å²) in [5.41, 5.74) is 9.56. The van der Waals surface area contributed by atoms with Crippen molar-refractivity contribution >= 4 is 11.5 Å². The lowest BCUT2D eigenvalue weighted by Crippen LogP contribution is -2.13. The van der Waals surface area contributed by atoms with Crippen LogP contribution in [0, 0.1) is 0 Å². The first-order chi connectivity index (χ1) is 9.47. The largest absolute Gasteiger partial charge is 0.366 e. The molecule has 0 bridgehead atoms. The van der Waals surface area contributed by atoms with Crippen molar-refractivity contribution in [2.24, 2.45) is 5.73 Å². The quantitative estimate of drug-likeness (QED) is 0.838. The van der Waals surface area contributed by atoms with Gasteiger partial charge in [-0.3, -0.25) is 9.78 Å². The van der Waals surface area contributed by atoms with Crippen molar-refractivity contribution in [1.29, 1.82) is 0 Å². The fraction of sp³-hybridized carbons (Fsp3) is 0.294. The molecule has 0 atom stereocenters. The molecule has 0 aliphatic carbocycles. The summed E-state index contributed by atoms with van der Waals surface area (Å²) in [6.07, 6.45) is 7.07. The Hall–Kier alpha value is -2.16. The molecule has 0 spiro atoms. The lowest BCUT2D eigenvalue weighted by Gasteiger charge is -2.08. The van der Waals surface area contributed by atoms with Crippen LogP contribution in [-0.4, -0.2) is 10.9 Å². The first-order valence-corrected chi connectivity index (χ1v) is 6.72. The molecule has 0 aromatic carbocycles. The highest BCUT2D eigenvalue weighted by atomic mass is 16.1. The number of amides is 1. The lowest BCUT2D eigenvalue weighted by molar-refractivity contribution is 0.0999. The van der Waals surface area contributed by atoms with E-state index < -0.39 is 5.91 Å². The first-order valence-electron chi connectivity index (χ1n) is 6.72. The van der Waals surface area contributed by atoms with Gasteiger partial charge in [0.15, 0.2) is 0 Å². The van der Waals surface area contributed by atoms with Crippen molar-refractivity contribution in [1.82, 2.24) is 4.98 Å². The molecular weight excluding hydrogens is 248 g/mol. The highest BCUT2D eigenvalue weighted by Crippen LogP contribution is 2.22. The van der Waals surface area contributed by atoms with Gasteiger partial charge >= 0.3 is 0 Å². The average molecular weight is 272 g/mol. The van der Waals surface area contributed by atoms with Crippen LogP contribution < -0.4 is 5.73 Å². The number of aromatic nitrogens is 1. The normalized spacial score (nSPS) is 11.4. The zero-order valence-electron chi connectivity index (χ0n) is 13.0. The number of carbonyl (C=O) groups is 1. The molecule has 3 nitrogen and oxygen atoms in total. The summed E-state index contributed by atoms with van der Waals surface area (Å²) >= 11 is 0. The molecule has 0 aliphatic rings. The first kappa shape index (κ1) is 17.8. The third-order valence-electron chi connectivity index (χ3n) is 2.75. The lowest BCUT2D eigenvalue weighted by atomic mass is 9.98. The molecule has 1 heterocycles. The Kier molecular flexibility index (Phi) is 7.90. The fourth-order valence-corrected chi connectivity index (χ4v) is 1.52. The SMILES string of the molecule is C=C(C)/C(C)=C\C(=C/C)c1ccncc1C(N)=O.CC. The molecule has 1 aromatic rings. The second-order valence-electron chi connectivity index (χ2n) is 4.14. The van der Waals surface area contributed by atoms with Crippen LogP contribution in [-0.2, 0) is 0 Å². The second kappa shape index (κ2) is 8.86. The highest BCUT2D eigenvalue weighted by Gasteiger charge is 2.10. The summed E-state index contributed by atoms with van der Waals surface area (Å²) in [6.45, 7) is 13.7. The second-order valence-corrected chi connectivity index (χ2v) is 4.14. The van der Waals surface area contributed by atoms with E-state index in [1.807, 2.05) is 46.8 Å². The molecule has 0 radical (unpaired) electrons. The van der Waals surface area contributed by atoms with Gasteiger partial charge in [0.25, 0.3) is 5.91 Å². The minimum Gasteiger partial charge on any atom is -0.366 e. The molecule has 1 amide bonds. The van der Waals surface area contributed by atoms with Crippen molar-refractivity contribution in [3.8, 4) is 0 Å². The van der Waals surface area contributed by atoms with Gasteiger partial charge in [0.1, 0.15) is 0 Å². The van der Waals surface area contributed by atoms with Crippen LogP contribution in [0.1, 0.15) is 50.5 Å². The number of hydrogen-bond acceptors (Lipinski definition) is 2. The maximum Gasteiger partial charge on any atom is 0.250 e. The van der Waals surface area contributed by atoms with Crippen LogP contribution in [0.15, 0.2) is 48.3 Å². The molecule has 1 rings (SSSR count). The number of nitrogens with zero attached hydrogens (tertiary/aromatic N) is 1. The Morgan fingerprint density at radius 1 is 1.30 bits per heavy atom. The van der Waals surface area contributed by atoms with Crippen molar-refractivity contribution in [2.75, 3.05) is 0 Å². The molecule has 2 N–H and O–H groups in total. The molecule has 108 valence electrons. The molecule has 1 aromatic heterocycles. The molecule has 0 aliphatic heterocycles. The zero-order valence-corrected chi connectivity index (χ0v) is 13.0. The monoisotopic (exact) mass is 272 g/mol. The minimum atomic E-state index is -0.473. The Bertz CT molecular complexity index is 540. The van der Waals surface area contributed by atoms with Gasteiger partial charge < -0.3 is 5.73 Å². The van der Waals surface area contributed by atoms with E-state index in [2.05, 4.69) is 11.6 Å². The number of nitrogens with two attached hydrogens (primary N) is 1. The Balaban J connectivity index is 0.00000172. The predicted molar refractivity (Wildman–Crippen MR) is 86.3 cm³/mol. The minimum absolute atomic E-state index is 0.427. The van der Waals surface area contributed by atoms with E-state index >= 15 is 0 Å². The summed E-state index contributed by atoms with van der Waals surface area (Å²) in [5.74, 6) is -0.473. The van der Waals surface area contributed by atoms with Gasteiger partial charge in [-0.1, -0.05) is 38.2 Å². The molecule has 20 heavy (non-hydrogen) atoms. The van der Waals surface area contributed by atoms with Gasteiger partial charge in [-0.15, -0.1) is 0 Å². The van der Waals surface area contributed by atoms with Crippen LogP contribution >= 0.6 is 0 Å². The van der Waals surface area contributed by atoms with E-state index in [9.17, 15) is 4.79 Å². The predicted octanol–water partition coefficient (Wildman–Crippen LogP) is 4.13. The summed E-state index contributed by atoms with van der Waals surface area (Å²) in [5, 5.41) is 0. The van der Waals surface area contributed by atoms with Crippen molar-refractivity contribution in [2.45, 2.75) is 34.6 Å². The number of carbonyl (C=O) groups excluding carboxylic acids is 1. The molecule has 3 heteroatoms. The van der Waals surface area contributed by atoms with Crippen LogP contribution in [0.5, 0.6) is 0 Å². The topological polar surface area (TPSA) is 56.0 Å². The zero-order chi connectivity index (χ0) is 15.7. The number of primary amides is 1. The Morgan fingerprint density at radius 2 is 1.90 bits per heavy atom. The summed E-state index contributed by atoms with van der Waals surface area (Å²) in [4.78, 5) is 15.3. The molecular formula is C17H24N2O. The fourth-order valence-electron chi connectivity index (χ4n) is 1.52. The van der Waals surface area contributed by atoms with Crippen LogP contribution in [0.2, 0.25) is 0 Å². The number of allylic oxidation sites excluding steroid dienone is 5. The third-order valence-corrected chi connectivity index (χ3v) is 2.75. The number of rotatable bonds is 4. The third kappa shape index (κ3) is 4.84. The molecule has 0 fully saturated rings. The molecule has 0 saturated carbocycles. The standard InChI is InChI=1S/C15H18N2O.C2H6/c1-5-12(8-11(4)10(2)3)13-6-7-17-9-14(13)15(16)18;1-2/h5-9H,2H2,1,3-4H3,(H2,16,18);1-2H3/b11-8-,12-5+;. The maximum absolute atomic E-state index is 11.4. The van der Waals surface area contributed by atoms with Crippen LogP contribution in [0.4, 0.5) is 0 Å². The number of hydrogen-bond donors (Lipinski definition) is 1. The van der Waals surface area contributed by atoms with E-state index in [-0.39, 0.29) is 0 Å². The van der Waals surface area contributed by atoms with E-state index in [0.717, 1.165) is 22.3 Å². The number of pyridine rings is 1. The van der Waals surface area contributed by atoms with Crippen molar-refractivity contribution < 1.29 is 4.79 Å². The highest BCUT2D eigenvalue weighted by molar-refractivity contribution is 5.99. The van der Waals surface area contributed by atoms with E-state index in [1.54, 1.807) is 12.3 Å². The van der Waals surface area contributed by atoms with E-state index in [1.165, 1.54) is 6.20 Å². The molecule has 0 saturated heterocycles. The van der Waals surface area contributed by atoms with Gasteiger partial charge in [-0.25, -0.2) is 0 Å². The Morgan fingerprint density at radius 3 is 2.35 bits per heavy atom.